The third-order valence-electron chi connectivity index (χ3n) is 10.0. The fourth-order valence-electron chi connectivity index (χ4n) is 7.80. The van der Waals surface area contributed by atoms with Crippen molar-refractivity contribution < 1.29 is 8.83 Å². The molecule has 4 aromatic heterocycles. The molecule has 8 aromatic rings. The smallest absolute Gasteiger partial charge is 0.192 e. The monoisotopic (exact) mass is 662 g/mol. The summed E-state index contributed by atoms with van der Waals surface area (Å²) in [5.74, 6) is 2.81. The van der Waals surface area contributed by atoms with Crippen LogP contribution in [0.5, 0.6) is 0 Å². The van der Waals surface area contributed by atoms with Gasteiger partial charge >= 0.3 is 0 Å². The molecule has 0 atom stereocenters. The zero-order valence-corrected chi connectivity index (χ0v) is 28.8. The second kappa shape index (κ2) is 11.9. The van der Waals surface area contributed by atoms with Gasteiger partial charge < -0.3 is 8.83 Å². The number of aromatic nitrogens is 4. The van der Waals surface area contributed by atoms with E-state index >= 15 is 0 Å². The molecule has 0 aliphatic heterocycles. The van der Waals surface area contributed by atoms with E-state index in [-0.39, 0.29) is 0 Å². The number of fused-ring (bicyclic) bond motifs is 3. The molecule has 0 radical (unpaired) electrons. The first-order chi connectivity index (χ1) is 24.9. The van der Waals surface area contributed by atoms with Crippen LogP contribution in [-0.4, -0.2) is 19.9 Å². The van der Waals surface area contributed by atoms with E-state index in [9.17, 15) is 0 Å². The first-order valence-corrected chi connectivity index (χ1v) is 17.1. The summed E-state index contributed by atoms with van der Waals surface area (Å²) in [6.45, 7) is 7.65. The number of hydrogen-bond donors (Lipinski definition) is 0. The molecule has 1 aliphatic carbocycles. The molecule has 0 spiro atoms. The Morgan fingerprint density at radius 1 is 0.451 bits per heavy atom. The average Bonchev–Trinajstić information content (AvgIpc) is 3.80. The standard InChI is InChI=1S/C45H34N4O2/c1-27-43(50-29(3)48-27)33-17-21-41(46-25-33)31-15-19-37-38-20-16-32(42-22-18-34(26-47-42)44-28(2)49-30(4)51-44)24-40(38)45(39(37)23-31,35-11-7-5-8-12-35)36-13-9-6-10-14-36/h5-26H,1-4H3. The highest BCUT2D eigenvalue weighted by atomic mass is 16.4. The molecule has 0 unspecified atom stereocenters. The molecule has 0 saturated carbocycles. The minimum Gasteiger partial charge on any atom is -0.441 e. The fourth-order valence-corrected chi connectivity index (χ4v) is 7.80. The largest absolute Gasteiger partial charge is 0.441 e. The minimum absolute atomic E-state index is 0.581. The molecular weight excluding hydrogens is 629 g/mol. The highest BCUT2D eigenvalue weighted by Crippen LogP contribution is 2.57. The Kier molecular flexibility index (Phi) is 7.14. The van der Waals surface area contributed by atoms with Crippen LogP contribution >= 0.6 is 0 Å². The normalized spacial score (nSPS) is 12.9. The van der Waals surface area contributed by atoms with Crippen LogP contribution in [0.15, 0.2) is 143 Å². The van der Waals surface area contributed by atoms with Crippen LogP contribution in [0, 0.1) is 27.7 Å². The van der Waals surface area contributed by atoms with Gasteiger partial charge in [0.05, 0.1) is 28.2 Å². The van der Waals surface area contributed by atoms with Crippen molar-refractivity contribution in [3.05, 3.63) is 179 Å². The van der Waals surface area contributed by atoms with Gasteiger partial charge in [0.2, 0.25) is 0 Å². The van der Waals surface area contributed by atoms with Crippen molar-refractivity contribution in [2.45, 2.75) is 33.1 Å². The second-order valence-electron chi connectivity index (χ2n) is 13.2. The van der Waals surface area contributed by atoms with E-state index in [1.807, 2.05) is 40.1 Å². The van der Waals surface area contributed by atoms with Gasteiger partial charge in [0.1, 0.15) is 0 Å². The SMILES string of the molecule is Cc1nc(C)c(-c2ccc(-c3ccc4c(c3)C(c3ccccc3)(c3ccccc3)c3cc(-c5ccc(-c6oc(C)nc6C)cn5)ccc3-4)nc2)o1. The summed E-state index contributed by atoms with van der Waals surface area (Å²) in [6.07, 6.45) is 3.75. The fraction of sp³-hybridized carbons (Fsp3) is 0.111. The summed E-state index contributed by atoms with van der Waals surface area (Å²) >= 11 is 0. The molecule has 6 nitrogen and oxygen atoms in total. The molecule has 4 aromatic carbocycles. The van der Waals surface area contributed by atoms with Crippen LogP contribution in [0.2, 0.25) is 0 Å². The first-order valence-electron chi connectivity index (χ1n) is 17.1. The lowest BCUT2D eigenvalue weighted by Gasteiger charge is -2.34. The summed E-state index contributed by atoms with van der Waals surface area (Å²) in [6, 6.07) is 43.5. The highest BCUT2D eigenvalue weighted by Gasteiger charge is 2.46. The minimum atomic E-state index is -0.581. The number of pyridine rings is 2. The molecule has 51 heavy (non-hydrogen) atoms. The third kappa shape index (κ3) is 4.94. The summed E-state index contributed by atoms with van der Waals surface area (Å²) < 4.78 is 11.8. The van der Waals surface area contributed by atoms with Crippen molar-refractivity contribution in [3.63, 3.8) is 0 Å². The van der Waals surface area contributed by atoms with Crippen LogP contribution in [0.3, 0.4) is 0 Å². The maximum Gasteiger partial charge on any atom is 0.192 e. The molecule has 0 bridgehead atoms. The number of oxazole rings is 2. The van der Waals surface area contributed by atoms with Gasteiger partial charge in [0.15, 0.2) is 23.3 Å². The van der Waals surface area contributed by atoms with E-state index < -0.39 is 5.41 Å². The lowest BCUT2D eigenvalue weighted by molar-refractivity contribution is 0.533. The summed E-state index contributed by atoms with van der Waals surface area (Å²) in [5.41, 5.74) is 14.1. The molecule has 0 N–H and O–H groups in total. The van der Waals surface area contributed by atoms with E-state index in [2.05, 4.69) is 131 Å². The van der Waals surface area contributed by atoms with E-state index in [0.29, 0.717) is 11.8 Å². The van der Waals surface area contributed by atoms with Gasteiger partial charge in [0, 0.05) is 48.5 Å². The van der Waals surface area contributed by atoms with Gasteiger partial charge in [-0.2, -0.15) is 0 Å². The lowest BCUT2D eigenvalue weighted by atomic mass is 9.67. The zero-order chi connectivity index (χ0) is 34.7. The predicted molar refractivity (Wildman–Crippen MR) is 200 cm³/mol. The lowest BCUT2D eigenvalue weighted by Crippen LogP contribution is -2.28. The third-order valence-corrected chi connectivity index (χ3v) is 10.0. The first kappa shape index (κ1) is 30.6. The number of aryl methyl sites for hydroxylation is 4. The molecule has 4 heterocycles. The summed E-state index contributed by atoms with van der Waals surface area (Å²) in [7, 11) is 0. The second-order valence-corrected chi connectivity index (χ2v) is 13.2. The maximum absolute atomic E-state index is 5.88. The van der Waals surface area contributed by atoms with Crippen LogP contribution in [0.25, 0.3) is 56.3 Å². The quantitative estimate of drug-likeness (QED) is 0.176. The molecule has 9 rings (SSSR count). The topological polar surface area (TPSA) is 77.8 Å². The highest BCUT2D eigenvalue weighted by molar-refractivity contribution is 5.90. The predicted octanol–water partition coefficient (Wildman–Crippen LogP) is 10.7. The molecule has 0 fully saturated rings. The van der Waals surface area contributed by atoms with Gasteiger partial charge in [-0.05, 0) is 83.6 Å². The van der Waals surface area contributed by atoms with E-state index in [1.165, 1.54) is 33.4 Å². The molecule has 0 saturated heterocycles. The Balaban J connectivity index is 1.21. The molecule has 246 valence electrons. The van der Waals surface area contributed by atoms with Gasteiger partial charge in [-0.25, -0.2) is 9.97 Å². The van der Waals surface area contributed by atoms with Crippen molar-refractivity contribution in [1.82, 2.24) is 19.9 Å². The Labute approximate surface area is 296 Å². The number of nitrogens with zero attached hydrogens (tertiary/aromatic N) is 4. The van der Waals surface area contributed by atoms with Gasteiger partial charge in [0.25, 0.3) is 0 Å². The van der Waals surface area contributed by atoms with Gasteiger partial charge in [-0.3, -0.25) is 9.97 Å². The Morgan fingerprint density at radius 3 is 1.22 bits per heavy atom. The number of rotatable bonds is 6. The van der Waals surface area contributed by atoms with Crippen molar-refractivity contribution in [2.75, 3.05) is 0 Å². The number of hydrogen-bond acceptors (Lipinski definition) is 6. The van der Waals surface area contributed by atoms with E-state index in [1.54, 1.807) is 0 Å². The van der Waals surface area contributed by atoms with Crippen LogP contribution < -0.4 is 0 Å². The Morgan fingerprint density at radius 2 is 0.863 bits per heavy atom. The Bertz CT molecular complexity index is 2370. The van der Waals surface area contributed by atoms with Crippen LogP contribution in [0.1, 0.15) is 45.4 Å². The van der Waals surface area contributed by atoms with E-state index in [4.69, 9.17) is 18.8 Å². The average molecular weight is 663 g/mol. The van der Waals surface area contributed by atoms with Crippen molar-refractivity contribution in [2.24, 2.45) is 0 Å². The van der Waals surface area contributed by atoms with Crippen molar-refractivity contribution in [1.29, 1.82) is 0 Å². The van der Waals surface area contributed by atoms with Crippen LogP contribution in [0.4, 0.5) is 0 Å². The van der Waals surface area contributed by atoms with Crippen molar-refractivity contribution in [3.8, 4) is 56.3 Å². The number of benzene rings is 4. The van der Waals surface area contributed by atoms with Gasteiger partial charge in [-0.1, -0.05) is 84.9 Å². The molecule has 1 aliphatic rings. The van der Waals surface area contributed by atoms with Crippen LogP contribution in [-0.2, 0) is 5.41 Å². The zero-order valence-electron chi connectivity index (χ0n) is 28.8. The molecular formula is C45H34N4O2. The van der Waals surface area contributed by atoms with Crippen molar-refractivity contribution >= 4 is 0 Å². The molecule has 0 amide bonds. The molecule has 6 heteroatoms. The summed E-state index contributed by atoms with van der Waals surface area (Å²) in [5, 5.41) is 0. The van der Waals surface area contributed by atoms with E-state index in [0.717, 1.165) is 56.6 Å². The Hall–Kier alpha value is -6.40. The summed E-state index contributed by atoms with van der Waals surface area (Å²) in [4.78, 5) is 18.7. The maximum atomic E-state index is 5.88. The van der Waals surface area contributed by atoms with Gasteiger partial charge in [-0.15, -0.1) is 0 Å².